The number of H-pyrrole nitrogens is 1. The van der Waals surface area contributed by atoms with Crippen molar-refractivity contribution in [3.8, 4) is 5.75 Å². The molecule has 1 aliphatic carbocycles. The SMILES string of the molecule is Cn1nc(CN)nc1C1CC(Oc2c(F)c(F)c3[nH]ccc3c2CS(=O)CCOCc2cccc(CO)c2)=CC=C1F.[CH3][Sb]([CH3])[CH]=O. The van der Waals surface area contributed by atoms with E-state index in [2.05, 4.69) is 15.1 Å². The number of hydrogen-bond donors (Lipinski definition) is 3. The molecule has 0 amide bonds. The molecular formula is C32H37F3N5O5SSb. The van der Waals surface area contributed by atoms with Gasteiger partial charge in [-0.05, 0) is 29.3 Å². The van der Waals surface area contributed by atoms with Crippen LogP contribution in [0.15, 0.2) is 60.3 Å². The van der Waals surface area contributed by atoms with Gasteiger partial charge >= 0.3 is 39.0 Å². The van der Waals surface area contributed by atoms with Crippen LogP contribution in [0.4, 0.5) is 13.2 Å². The minimum atomic E-state index is -1.52. The number of ether oxygens (including phenoxy) is 2. The van der Waals surface area contributed by atoms with E-state index in [1.807, 2.05) is 27.9 Å². The molecule has 2 atom stereocenters. The summed E-state index contributed by atoms with van der Waals surface area (Å²) in [5.41, 5.74) is 7.40. The van der Waals surface area contributed by atoms with E-state index in [0.717, 1.165) is 15.4 Å². The molecule has 2 heterocycles. The molecule has 4 aromatic rings. The predicted molar refractivity (Wildman–Crippen MR) is 175 cm³/mol. The third kappa shape index (κ3) is 9.41. The van der Waals surface area contributed by atoms with Crippen LogP contribution in [0.25, 0.3) is 10.9 Å². The van der Waals surface area contributed by atoms with E-state index >= 15 is 8.78 Å². The third-order valence-corrected chi connectivity index (χ3v) is 9.54. The molecule has 47 heavy (non-hydrogen) atoms. The van der Waals surface area contributed by atoms with Gasteiger partial charge in [-0.15, -0.1) is 0 Å². The van der Waals surface area contributed by atoms with Gasteiger partial charge in [-0.1, -0.05) is 24.3 Å². The van der Waals surface area contributed by atoms with Gasteiger partial charge in [0.25, 0.3) is 0 Å². The zero-order chi connectivity index (χ0) is 34.1. The number of aryl methyl sites for hydroxylation is 1. The van der Waals surface area contributed by atoms with Crippen LogP contribution < -0.4 is 10.5 Å². The van der Waals surface area contributed by atoms with Gasteiger partial charge in [0.2, 0.25) is 5.82 Å². The minimum absolute atomic E-state index is 0.0288. The Labute approximate surface area is 280 Å². The van der Waals surface area contributed by atoms with Gasteiger partial charge in [0, 0.05) is 47.2 Å². The topological polar surface area (TPSA) is 145 Å². The summed E-state index contributed by atoms with van der Waals surface area (Å²) in [6.45, 7) is 0.423. The van der Waals surface area contributed by atoms with Crippen molar-refractivity contribution in [3.05, 3.63) is 100 Å². The van der Waals surface area contributed by atoms with Crippen molar-refractivity contribution in [2.24, 2.45) is 12.8 Å². The fraction of sp³-hybridized carbons (Fsp3) is 0.344. The molecule has 0 fully saturated rings. The summed E-state index contributed by atoms with van der Waals surface area (Å²) >= 11 is -1.16. The number of allylic oxidation sites excluding steroid dienone is 4. The van der Waals surface area contributed by atoms with Gasteiger partial charge in [-0.25, -0.2) is 13.8 Å². The van der Waals surface area contributed by atoms with Crippen LogP contribution in [0.5, 0.6) is 5.75 Å². The van der Waals surface area contributed by atoms with Crippen LogP contribution in [0.2, 0.25) is 9.74 Å². The number of nitrogens with zero attached hydrogens (tertiary/aromatic N) is 3. The van der Waals surface area contributed by atoms with E-state index in [9.17, 15) is 18.5 Å². The standard InChI is InChI=1S/C29H30F3N5O4S.CHO.2CH3.Sb/c1-37-29(35-24(13-33)36-37)21-12-19(5-6-23(21)30)41-28-22(20-7-8-34-27(20)25(31)26(28)32)16-42(39)10-9-40-15-18-4-2-3-17(11-18)14-38;1-2;;;/h2-8,11,21,34,38H,9-10,12-16,33H2,1H3;1H;2*1H3;. The predicted octanol–water partition coefficient (Wildman–Crippen LogP) is 4.81. The van der Waals surface area contributed by atoms with Gasteiger partial charge in [0.05, 0.1) is 43.6 Å². The summed E-state index contributed by atoms with van der Waals surface area (Å²) in [5.74, 6) is -3.29. The van der Waals surface area contributed by atoms with E-state index < -0.39 is 60.1 Å². The first kappa shape index (κ1) is 36.5. The zero-order valence-electron chi connectivity index (χ0n) is 26.2. The summed E-state index contributed by atoms with van der Waals surface area (Å²) in [4.78, 5) is 20.6. The third-order valence-electron chi connectivity index (χ3n) is 7.11. The van der Waals surface area contributed by atoms with Crippen LogP contribution >= 0.6 is 0 Å². The van der Waals surface area contributed by atoms with Crippen LogP contribution in [0.3, 0.4) is 0 Å². The molecule has 0 saturated heterocycles. The van der Waals surface area contributed by atoms with Crippen LogP contribution in [0.1, 0.15) is 40.7 Å². The quantitative estimate of drug-likeness (QED) is 0.0997. The molecule has 2 aromatic heterocycles. The van der Waals surface area contributed by atoms with E-state index in [-0.39, 0.29) is 61.1 Å². The van der Waals surface area contributed by atoms with Crippen molar-refractivity contribution in [1.29, 1.82) is 0 Å². The molecule has 0 saturated carbocycles. The van der Waals surface area contributed by atoms with Crippen molar-refractivity contribution in [1.82, 2.24) is 19.7 Å². The Morgan fingerprint density at radius 1 is 1.19 bits per heavy atom. The number of fused-ring (bicyclic) bond motifs is 1. The first-order valence-corrected chi connectivity index (χ1v) is 22.7. The van der Waals surface area contributed by atoms with Crippen LogP contribution in [-0.2, 0) is 52.9 Å². The number of carbonyl (C=O) groups is 1. The normalized spacial score (nSPS) is 15.2. The number of aliphatic hydroxyl groups is 1. The number of nitrogens with one attached hydrogen (secondary N) is 1. The number of benzene rings is 2. The van der Waals surface area contributed by atoms with Crippen LogP contribution in [0, 0.1) is 11.6 Å². The summed E-state index contributed by atoms with van der Waals surface area (Å²) < 4.78 is 72.5. The van der Waals surface area contributed by atoms with Gasteiger partial charge in [-0.3, -0.25) is 8.89 Å². The summed E-state index contributed by atoms with van der Waals surface area (Å²) in [7, 11) is 0.0935. The fourth-order valence-corrected chi connectivity index (χ4v) is 5.88. The number of aliphatic hydroxyl groups excluding tert-OH is 1. The number of nitrogens with two attached hydrogens (primary N) is 1. The molecule has 0 bridgehead atoms. The number of halogens is 3. The summed E-state index contributed by atoms with van der Waals surface area (Å²) in [6.07, 6.45) is 3.98. The first-order valence-electron chi connectivity index (χ1n) is 14.6. The van der Waals surface area contributed by atoms with E-state index in [1.165, 1.54) is 23.0 Å². The van der Waals surface area contributed by atoms with E-state index in [0.29, 0.717) is 17.0 Å². The van der Waals surface area contributed by atoms with Crippen LogP contribution in [-0.4, -0.2) is 65.9 Å². The number of hydrogen-bond acceptors (Lipinski definition) is 8. The Kier molecular flexibility index (Phi) is 13.4. The number of aromatic amines is 1. The second kappa shape index (κ2) is 17.2. The zero-order valence-corrected chi connectivity index (χ0v) is 29.6. The fourth-order valence-electron chi connectivity index (χ4n) is 4.83. The van der Waals surface area contributed by atoms with Crippen molar-refractivity contribution in [2.75, 3.05) is 12.4 Å². The Hall–Kier alpha value is -3.29. The van der Waals surface area contributed by atoms with Gasteiger partial charge in [-0.2, -0.15) is 9.49 Å². The molecule has 4 N–H and O–H groups in total. The monoisotopic (exact) mass is 781 g/mol. The molecule has 0 radical (unpaired) electrons. The van der Waals surface area contributed by atoms with Crippen molar-refractivity contribution >= 4 is 46.1 Å². The average molecular weight is 782 g/mol. The molecule has 15 heteroatoms. The Morgan fingerprint density at radius 2 is 1.94 bits per heavy atom. The molecule has 252 valence electrons. The van der Waals surface area contributed by atoms with E-state index in [4.69, 9.17) is 15.2 Å². The van der Waals surface area contributed by atoms with Gasteiger partial charge in [0.1, 0.15) is 17.4 Å². The second-order valence-corrected chi connectivity index (χ2v) is 18.5. The maximum atomic E-state index is 15.4. The molecular weight excluding hydrogens is 745 g/mol. The molecule has 2 unspecified atom stereocenters. The van der Waals surface area contributed by atoms with Gasteiger partial charge in [0.15, 0.2) is 17.4 Å². The Bertz CT molecular complexity index is 1790. The summed E-state index contributed by atoms with van der Waals surface area (Å²) in [6, 6.07) is 8.85. The first-order chi connectivity index (χ1) is 22.6. The molecule has 2 aromatic carbocycles. The average Bonchev–Trinajstić information content (AvgIpc) is 3.71. The van der Waals surface area contributed by atoms with Crippen molar-refractivity contribution < 1.29 is 36.8 Å². The summed E-state index contributed by atoms with van der Waals surface area (Å²) in [5, 5.41) is 13.8. The van der Waals surface area contributed by atoms with Crippen molar-refractivity contribution in [2.45, 2.75) is 47.6 Å². The molecule has 0 aliphatic heterocycles. The number of carbonyl (C=O) groups excluding carboxylic acids is 1. The molecule has 0 spiro atoms. The molecule has 10 nitrogen and oxygen atoms in total. The molecule has 1 aliphatic rings. The van der Waals surface area contributed by atoms with Gasteiger partial charge < -0.3 is 25.3 Å². The number of rotatable bonds is 13. The Balaban J connectivity index is 0.000000930. The van der Waals surface area contributed by atoms with Crippen molar-refractivity contribution in [3.63, 3.8) is 0 Å². The molecule has 5 rings (SSSR count). The maximum absolute atomic E-state index is 15.4. The Morgan fingerprint density at radius 3 is 2.62 bits per heavy atom. The van der Waals surface area contributed by atoms with E-state index in [1.54, 1.807) is 19.2 Å². The second-order valence-electron chi connectivity index (χ2n) is 10.8. The number of aromatic nitrogens is 4.